The van der Waals surface area contributed by atoms with Crippen molar-refractivity contribution >= 4 is 34.6 Å². The molecule has 2 aromatic heterocycles. The normalized spacial score (nSPS) is 10.5. The van der Waals surface area contributed by atoms with E-state index in [1.165, 1.54) is 16.9 Å². The van der Waals surface area contributed by atoms with Gasteiger partial charge in [-0.05, 0) is 29.9 Å². The second-order valence-corrected chi connectivity index (χ2v) is 7.57. The molecule has 1 N–H and O–H groups in total. The molecule has 7 heteroatoms. The summed E-state index contributed by atoms with van der Waals surface area (Å²) in [5.74, 6) is -0.731. The number of esters is 1. The topological polar surface area (TPSA) is 68.3 Å². The highest BCUT2D eigenvalue weighted by Gasteiger charge is 2.12. The lowest BCUT2D eigenvalue weighted by Gasteiger charge is -2.06. The van der Waals surface area contributed by atoms with E-state index >= 15 is 0 Å². The summed E-state index contributed by atoms with van der Waals surface area (Å²) in [5.41, 5.74) is 2.96. The van der Waals surface area contributed by atoms with Crippen LogP contribution in [0.25, 0.3) is 10.6 Å². The predicted octanol–water partition coefficient (Wildman–Crippen LogP) is 3.71. The van der Waals surface area contributed by atoms with Crippen LogP contribution in [-0.2, 0) is 27.2 Å². The third-order valence-electron chi connectivity index (χ3n) is 3.82. The molecule has 140 valence electrons. The van der Waals surface area contributed by atoms with Gasteiger partial charge in [0, 0.05) is 22.9 Å². The Kier molecular flexibility index (Phi) is 7.12. The smallest absolute Gasteiger partial charge is 0.312 e. The fourth-order valence-corrected chi connectivity index (χ4v) is 4.00. The van der Waals surface area contributed by atoms with Gasteiger partial charge in [0.05, 0.1) is 12.1 Å². The number of carbonyl (C=O) groups excluding carboxylic acids is 2. The Morgan fingerprint density at radius 3 is 2.74 bits per heavy atom. The zero-order chi connectivity index (χ0) is 18.9. The summed E-state index contributed by atoms with van der Waals surface area (Å²) >= 11 is 3.10. The first-order valence-electron chi connectivity index (χ1n) is 8.64. The van der Waals surface area contributed by atoms with E-state index in [2.05, 4.69) is 22.4 Å². The highest BCUT2D eigenvalue weighted by Crippen LogP contribution is 2.25. The molecule has 0 aliphatic rings. The van der Waals surface area contributed by atoms with Crippen LogP contribution < -0.4 is 5.32 Å². The van der Waals surface area contributed by atoms with Gasteiger partial charge in [-0.1, -0.05) is 30.3 Å². The molecule has 3 rings (SSSR count). The maximum atomic E-state index is 11.9. The minimum atomic E-state index is -0.448. The number of nitrogens with zero attached hydrogens (tertiary/aromatic N) is 1. The second-order valence-electron chi connectivity index (χ2n) is 5.93. The SMILES string of the molecule is O=C(COC(=O)Cc1csc(-c2ccsc2)n1)NCCCc1ccccc1. The van der Waals surface area contributed by atoms with Crippen LogP contribution in [0.2, 0.25) is 0 Å². The van der Waals surface area contributed by atoms with Crippen LogP contribution in [0, 0.1) is 0 Å². The lowest BCUT2D eigenvalue weighted by Crippen LogP contribution is -2.30. The third kappa shape index (κ3) is 6.30. The number of thiazole rings is 1. The molecule has 0 radical (unpaired) electrons. The van der Waals surface area contributed by atoms with Gasteiger partial charge in [0.2, 0.25) is 0 Å². The number of thiophene rings is 1. The number of hydrogen-bond donors (Lipinski definition) is 1. The zero-order valence-electron chi connectivity index (χ0n) is 14.7. The van der Waals surface area contributed by atoms with Crippen LogP contribution in [0.1, 0.15) is 17.7 Å². The minimum absolute atomic E-state index is 0.0714. The van der Waals surface area contributed by atoms with Gasteiger partial charge >= 0.3 is 5.97 Å². The molecule has 3 aromatic rings. The van der Waals surface area contributed by atoms with Gasteiger partial charge in [-0.3, -0.25) is 9.59 Å². The third-order valence-corrected chi connectivity index (χ3v) is 5.44. The fourth-order valence-electron chi connectivity index (χ4n) is 2.47. The number of carbonyl (C=O) groups is 2. The number of hydrogen-bond acceptors (Lipinski definition) is 6. The monoisotopic (exact) mass is 400 g/mol. The molecular formula is C20H20N2O3S2. The number of nitrogens with one attached hydrogen (secondary N) is 1. The highest BCUT2D eigenvalue weighted by atomic mass is 32.1. The van der Waals surface area contributed by atoms with Crippen molar-refractivity contribution in [2.75, 3.05) is 13.2 Å². The number of aromatic nitrogens is 1. The fraction of sp³-hybridized carbons (Fsp3) is 0.250. The number of amides is 1. The van der Waals surface area contributed by atoms with Crippen molar-refractivity contribution in [2.24, 2.45) is 0 Å². The summed E-state index contributed by atoms with van der Waals surface area (Å²) in [5, 5.41) is 9.50. The van der Waals surface area contributed by atoms with Gasteiger partial charge in [0.1, 0.15) is 5.01 Å². The van der Waals surface area contributed by atoms with Crippen LogP contribution in [0.4, 0.5) is 0 Å². The van der Waals surface area contributed by atoms with Crippen LogP contribution in [0.5, 0.6) is 0 Å². The van der Waals surface area contributed by atoms with Crippen molar-refractivity contribution in [1.82, 2.24) is 10.3 Å². The van der Waals surface area contributed by atoms with Crippen molar-refractivity contribution in [3.05, 3.63) is 63.8 Å². The van der Waals surface area contributed by atoms with Gasteiger partial charge in [0.25, 0.3) is 5.91 Å². The van der Waals surface area contributed by atoms with E-state index in [0.717, 1.165) is 23.4 Å². The Morgan fingerprint density at radius 1 is 1.11 bits per heavy atom. The van der Waals surface area contributed by atoms with E-state index < -0.39 is 5.97 Å². The zero-order valence-corrected chi connectivity index (χ0v) is 16.4. The molecule has 0 fully saturated rings. The number of benzene rings is 1. The highest BCUT2D eigenvalue weighted by molar-refractivity contribution is 7.14. The average molecular weight is 401 g/mol. The maximum absolute atomic E-state index is 11.9. The lowest BCUT2D eigenvalue weighted by atomic mass is 10.1. The first kappa shape index (κ1) is 19.3. The first-order valence-corrected chi connectivity index (χ1v) is 10.5. The van der Waals surface area contributed by atoms with E-state index in [9.17, 15) is 9.59 Å². The molecular weight excluding hydrogens is 380 g/mol. The molecule has 5 nitrogen and oxygen atoms in total. The maximum Gasteiger partial charge on any atom is 0.312 e. The molecule has 0 bridgehead atoms. The largest absolute Gasteiger partial charge is 0.455 e. The Morgan fingerprint density at radius 2 is 1.96 bits per heavy atom. The number of ether oxygens (including phenoxy) is 1. The molecule has 0 spiro atoms. The molecule has 2 heterocycles. The Hall–Kier alpha value is -2.51. The molecule has 0 atom stereocenters. The summed E-state index contributed by atoms with van der Waals surface area (Å²) in [7, 11) is 0. The Balaban J connectivity index is 1.32. The van der Waals surface area contributed by atoms with Gasteiger partial charge in [-0.15, -0.1) is 11.3 Å². The van der Waals surface area contributed by atoms with E-state index in [4.69, 9.17) is 4.74 Å². The number of rotatable bonds is 9. The van der Waals surface area contributed by atoms with E-state index in [0.29, 0.717) is 12.2 Å². The molecule has 1 aromatic carbocycles. The molecule has 0 unspecified atom stereocenters. The number of aryl methyl sites for hydroxylation is 1. The first-order chi connectivity index (χ1) is 13.2. The van der Waals surface area contributed by atoms with E-state index in [-0.39, 0.29) is 18.9 Å². The van der Waals surface area contributed by atoms with Gasteiger partial charge in [0.15, 0.2) is 6.61 Å². The van der Waals surface area contributed by atoms with Crippen molar-refractivity contribution < 1.29 is 14.3 Å². The average Bonchev–Trinajstić information content (AvgIpc) is 3.36. The van der Waals surface area contributed by atoms with Crippen molar-refractivity contribution in [3.63, 3.8) is 0 Å². The summed E-state index contributed by atoms with van der Waals surface area (Å²) in [6, 6.07) is 12.1. The van der Waals surface area contributed by atoms with Crippen molar-refractivity contribution in [3.8, 4) is 10.6 Å². The molecule has 27 heavy (non-hydrogen) atoms. The Bertz CT molecular complexity index is 861. The molecule has 0 aliphatic heterocycles. The van der Waals surface area contributed by atoms with Crippen molar-refractivity contribution in [1.29, 1.82) is 0 Å². The van der Waals surface area contributed by atoms with Crippen molar-refractivity contribution in [2.45, 2.75) is 19.3 Å². The van der Waals surface area contributed by atoms with Gasteiger partial charge in [-0.25, -0.2) is 4.98 Å². The van der Waals surface area contributed by atoms with Crippen LogP contribution in [-0.4, -0.2) is 30.0 Å². The van der Waals surface area contributed by atoms with Gasteiger partial charge < -0.3 is 10.1 Å². The quantitative estimate of drug-likeness (QED) is 0.439. The predicted molar refractivity (Wildman–Crippen MR) is 108 cm³/mol. The van der Waals surface area contributed by atoms with E-state index in [1.54, 1.807) is 11.3 Å². The molecule has 0 saturated carbocycles. The summed E-state index contributed by atoms with van der Waals surface area (Å²) in [6.45, 7) is 0.299. The Labute approximate surface area is 166 Å². The lowest BCUT2D eigenvalue weighted by molar-refractivity contribution is -0.147. The second kappa shape index (κ2) is 9.99. The summed E-state index contributed by atoms with van der Waals surface area (Å²) in [6.07, 6.45) is 1.81. The summed E-state index contributed by atoms with van der Waals surface area (Å²) in [4.78, 5) is 28.1. The van der Waals surface area contributed by atoms with Crippen LogP contribution in [0.3, 0.4) is 0 Å². The standard InChI is InChI=1S/C20H20N2O3S2/c23-18(21-9-4-7-15-5-2-1-3-6-15)12-25-19(24)11-17-14-27-20(22-17)16-8-10-26-13-16/h1-3,5-6,8,10,13-14H,4,7,9,11-12H2,(H,21,23). The molecule has 1 amide bonds. The van der Waals surface area contributed by atoms with Gasteiger partial charge in [-0.2, -0.15) is 11.3 Å². The molecule has 0 saturated heterocycles. The molecule has 0 aliphatic carbocycles. The van der Waals surface area contributed by atoms with Crippen LogP contribution >= 0.6 is 22.7 Å². The van der Waals surface area contributed by atoms with E-state index in [1.807, 2.05) is 40.4 Å². The summed E-state index contributed by atoms with van der Waals surface area (Å²) < 4.78 is 5.04. The van der Waals surface area contributed by atoms with Crippen LogP contribution in [0.15, 0.2) is 52.5 Å². The minimum Gasteiger partial charge on any atom is -0.455 e.